The molecule has 1 saturated heterocycles. The minimum absolute atomic E-state index is 0.856. The number of likely N-dealkylation sites (tertiary alicyclic amines) is 1. The lowest BCUT2D eigenvalue weighted by atomic mass is 9.79. The van der Waals surface area contributed by atoms with Crippen molar-refractivity contribution in [3.8, 4) is 0 Å². The molecule has 0 aliphatic carbocycles. The molecule has 0 spiro atoms. The van der Waals surface area contributed by atoms with Gasteiger partial charge in [-0.1, -0.05) is 27.7 Å². The molecule has 0 aromatic rings. The van der Waals surface area contributed by atoms with Gasteiger partial charge in [-0.3, -0.25) is 0 Å². The zero-order chi connectivity index (χ0) is 9.84. The van der Waals surface area contributed by atoms with Gasteiger partial charge in [0.05, 0.1) is 0 Å². The van der Waals surface area contributed by atoms with Gasteiger partial charge in [0.1, 0.15) is 0 Å². The number of hydrogen-bond donors (Lipinski definition) is 0. The predicted molar refractivity (Wildman–Crippen MR) is 58.8 cm³/mol. The molecule has 0 bridgehead atoms. The van der Waals surface area contributed by atoms with E-state index >= 15 is 0 Å². The fourth-order valence-corrected chi connectivity index (χ4v) is 2.56. The van der Waals surface area contributed by atoms with E-state index in [1.807, 2.05) is 0 Å². The Balaban J connectivity index is 2.43. The van der Waals surface area contributed by atoms with Crippen molar-refractivity contribution >= 4 is 0 Å². The Morgan fingerprint density at radius 2 is 2.08 bits per heavy atom. The zero-order valence-corrected chi connectivity index (χ0v) is 9.71. The highest BCUT2D eigenvalue weighted by molar-refractivity contribution is 4.79. The average molecular weight is 183 g/mol. The monoisotopic (exact) mass is 183 g/mol. The van der Waals surface area contributed by atoms with Crippen LogP contribution in [0.5, 0.6) is 0 Å². The minimum atomic E-state index is 0.856. The number of hydrogen-bond acceptors (Lipinski definition) is 1. The highest BCUT2D eigenvalue weighted by atomic mass is 15.1. The van der Waals surface area contributed by atoms with E-state index in [-0.39, 0.29) is 0 Å². The van der Waals surface area contributed by atoms with Crippen LogP contribution in [-0.4, -0.2) is 24.5 Å². The van der Waals surface area contributed by atoms with E-state index in [4.69, 9.17) is 0 Å². The van der Waals surface area contributed by atoms with E-state index in [1.54, 1.807) is 0 Å². The van der Waals surface area contributed by atoms with Crippen molar-refractivity contribution in [2.75, 3.05) is 19.6 Å². The van der Waals surface area contributed by atoms with Crippen molar-refractivity contribution < 1.29 is 0 Å². The van der Waals surface area contributed by atoms with Gasteiger partial charge in [-0.05, 0) is 43.7 Å². The molecule has 1 fully saturated rings. The third-order valence-electron chi connectivity index (χ3n) is 3.50. The summed E-state index contributed by atoms with van der Waals surface area (Å²) in [4.78, 5) is 2.64. The van der Waals surface area contributed by atoms with Crippen LogP contribution in [-0.2, 0) is 0 Å². The standard InChI is InChI=1S/C12H25N/c1-5-7-13-8-6-11(4)12(9-13)10(2)3/h10-12H,5-9H2,1-4H3/t11-,12-/m1/s1. The summed E-state index contributed by atoms with van der Waals surface area (Å²) in [5.74, 6) is 2.73. The van der Waals surface area contributed by atoms with Crippen molar-refractivity contribution in [3.05, 3.63) is 0 Å². The lowest BCUT2D eigenvalue weighted by Crippen LogP contribution is -2.41. The van der Waals surface area contributed by atoms with Gasteiger partial charge in [-0.25, -0.2) is 0 Å². The van der Waals surface area contributed by atoms with E-state index in [9.17, 15) is 0 Å². The highest BCUT2D eigenvalue weighted by Gasteiger charge is 2.27. The molecule has 0 aromatic heterocycles. The lowest BCUT2D eigenvalue weighted by Gasteiger charge is -2.39. The normalized spacial score (nSPS) is 31.2. The SMILES string of the molecule is CCCN1CC[C@@H](C)[C@@H](C(C)C)C1. The van der Waals surface area contributed by atoms with E-state index in [0.717, 1.165) is 17.8 Å². The molecule has 13 heavy (non-hydrogen) atoms. The average Bonchev–Trinajstić information content (AvgIpc) is 2.08. The number of piperidine rings is 1. The van der Waals surface area contributed by atoms with E-state index in [0.29, 0.717) is 0 Å². The first-order valence-electron chi connectivity index (χ1n) is 5.87. The highest BCUT2D eigenvalue weighted by Crippen LogP contribution is 2.28. The van der Waals surface area contributed by atoms with E-state index in [2.05, 4.69) is 32.6 Å². The number of rotatable bonds is 3. The van der Waals surface area contributed by atoms with Gasteiger partial charge < -0.3 is 4.90 Å². The molecule has 78 valence electrons. The minimum Gasteiger partial charge on any atom is -0.303 e. The van der Waals surface area contributed by atoms with Gasteiger partial charge in [-0.2, -0.15) is 0 Å². The van der Waals surface area contributed by atoms with Gasteiger partial charge in [0.25, 0.3) is 0 Å². The largest absolute Gasteiger partial charge is 0.303 e. The Morgan fingerprint density at radius 1 is 1.38 bits per heavy atom. The third-order valence-corrected chi connectivity index (χ3v) is 3.50. The molecule has 1 nitrogen and oxygen atoms in total. The molecule has 0 N–H and O–H groups in total. The van der Waals surface area contributed by atoms with E-state index < -0.39 is 0 Å². The Labute approximate surface area is 83.5 Å². The maximum Gasteiger partial charge on any atom is 0.00147 e. The van der Waals surface area contributed by atoms with Crippen LogP contribution >= 0.6 is 0 Å². The first-order valence-corrected chi connectivity index (χ1v) is 5.87. The first-order chi connectivity index (χ1) is 6.15. The van der Waals surface area contributed by atoms with Crippen LogP contribution < -0.4 is 0 Å². The second kappa shape index (κ2) is 4.99. The molecule has 1 aliphatic heterocycles. The summed E-state index contributed by atoms with van der Waals surface area (Å²) in [7, 11) is 0. The molecular formula is C12H25N. The van der Waals surface area contributed by atoms with Crippen LogP contribution in [0.1, 0.15) is 40.5 Å². The van der Waals surface area contributed by atoms with Crippen molar-refractivity contribution in [2.24, 2.45) is 17.8 Å². The van der Waals surface area contributed by atoms with Gasteiger partial charge >= 0.3 is 0 Å². The molecule has 0 saturated carbocycles. The first kappa shape index (κ1) is 11.0. The summed E-state index contributed by atoms with van der Waals surface area (Å²) >= 11 is 0. The van der Waals surface area contributed by atoms with Gasteiger partial charge in [0.2, 0.25) is 0 Å². The van der Waals surface area contributed by atoms with Gasteiger partial charge in [0, 0.05) is 6.54 Å². The summed E-state index contributed by atoms with van der Waals surface area (Å²) < 4.78 is 0. The summed E-state index contributed by atoms with van der Waals surface area (Å²) in [6.07, 6.45) is 2.71. The quantitative estimate of drug-likeness (QED) is 0.650. The summed E-state index contributed by atoms with van der Waals surface area (Å²) in [5.41, 5.74) is 0. The summed E-state index contributed by atoms with van der Waals surface area (Å²) in [6, 6.07) is 0. The van der Waals surface area contributed by atoms with Crippen LogP contribution in [0.15, 0.2) is 0 Å². The molecule has 0 unspecified atom stereocenters. The van der Waals surface area contributed by atoms with Crippen LogP contribution in [0.2, 0.25) is 0 Å². The Bertz CT molecular complexity index is 142. The smallest absolute Gasteiger partial charge is 0.00147 e. The Morgan fingerprint density at radius 3 is 2.62 bits per heavy atom. The molecule has 0 radical (unpaired) electrons. The Hall–Kier alpha value is -0.0400. The molecule has 1 heterocycles. The van der Waals surface area contributed by atoms with Crippen molar-refractivity contribution in [3.63, 3.8) is 0 Å². The van der Waals surface area contributed by atoms with Crippen molar-refractivity contribution in [1.29, 1.82) is 0 Å². The Kier molecular flexibility index (Phi) is 4.24. The summed E-state index contributed by atoms with van der Waals surface area (Å²) in [6.45, 7) is 13.4. The molecule has 2 atom stereocenters. The molecule has 1 aliphatic rings. The molecule has 0 aromatic carbocycles. The molecule has 0 amide bonds. The van der Waals surface area contributed by atoms with Crippen LogP contribution in [0.3, 0.4) is 0 Å². The van der Waals surface area contributed by atoms with Crippen LogP contribution in [0.25, 0.3) is 0 Å². The predicted octanol–water partition coefficient (Wildman–Crippen LogP) is 3.01. The maximum atomic E-state index is 2.64. The van der Waals surface area contributed by atoms with Gasteiger partial charge in [-0.15, -0.1) is 0 Å². The van der Waals surface area contributed by atoms with Gasteiger partial charge in [0.15, 0.2) is 0 Å². The second-order valence-electron chi connectivity index (χ2n) is 4.97. The van der Waals surface area contributed by atoms with Crippen molar-refractivity contribution in [2.45, 2.75) is 40.5 Å². The molecule has 1 heteroatoms. The fourth-order valence-electron chi connectivity index (χ4n) is 2.56. The number of nitrogens with zero attached hydrogens (tertiary/aromatic N) is 1. The van der Waals surface area contributed by atoms with Crippen LogP contribution in [0.4, 0.5) is 0 Å². The third kappa shape index (κ3) is 2.98. The fraction of sp³-hybridized carbons (Fsp3) is 1.00. The van der Waals surface area contributed by atoms with Crippen molar-refractivity contribution in [1.82, 2.24) is 4.90 Å². The van der Waals surface area contributed by atoms with E-state index in [1.165, 1.54) is 32.5 Å². The summed E-state index contributed by atoms with van der Waals surface area (Å²) in [5, 5.41) is 0. The lowest BCUT2D eigenvalue weighted by molar-refractivity contribution is 0.0981. The maximum absolute atomic E-state index is 2.64. The zero-order valence-electron chi connectivity index (χ0n) is 9.71. The molecule has 1 rings (SSSR count). The molecular weight excluding hydrogens is 158 g/mol. The topological polar surface area (TPSA) is 3.24 Å². The van der Waals surface area contributed by atoms with Crippen LogP contribution in [0, 0.1) is 17.8 Å². The second-order valence-corrected chi connectivity index (χ2v) is 4.97.